The maximum absolute atomic E-state index is 12.9. The molecular weight excluding hydrogens is 201 g/mol. The highest BCUT2D eigenvalue weighted by atomic mass is 32.2. The zero-order chi connectivity index (χ0) is 10.3. The number of benzene rings is 1. The van der Waals surface area contributed by atoms with Gasteiger partial charge in [-0.05, 0) is 43.8 Å². The Morgan fingerprint density at radius 3 is 2.86 bits per heavy atom. The van der Waals surface area contributed by atoms with Crippen LogP contribution in [0.4, 0.5) is 10.1 Å². The first kappa shape index (κ1) is 9.52. The van der Waals surface area contributed by atoms with Crippen LogP contribution < -0.4 is 5.32 Å². The van der Waals surface area contributed by atoms with Crippen LogP contribution in [0.15, 0.2) is 23.1 Å². The lowest BCUT2D eigenvalue weighted by Crippen LogP contribution is -2.40. The summed E-state index contributed by atoms with van der Waals surface area (Å²) in [6.07, 6.45) is 0. The van der Waals surface area contributed by atoms with Crippen LogP contribution in [0.2, 0.25) is 0 Å². The van der Waals surface area contributed by atoms with Crippen molar-refractivity contribution in [2.75, 3.05) is 5.32 Å². The fourth-order valence-electron chi connectivity index (χ4n) is 1.30. The van der Waals surface area contributed by atoms with Gasteiger partial charge in [-0.25, -0.2) is 4.39 Å². The predicted octanol–water partition coefficient (Wildman–Crippen LogP) is 2.65. The van der Waals surface area contributed by atoms with Gasteiger partial charge in [-0.2, -0.15) is 0 Å². The van der Waals surface area contributed by atoms with Gasteiger partial charge in [0.15, 0.2) is 0 Å². The van der Waals surface area contributed by atoms with E-state index < -0.39 is 5.54 Å². The molecule has 1 aromatic carbocycles. The molecule has 0 atom stereocenters. The van der Waals surface area contributed by atoms with Gasteiger partial charge < -0.3 is 5.32 Å². The van der Waals surface area contributed by atoms with Crippen LogP contribution in [0.3, 0.4) is 0 Å². The van der Waals surface area contributed by atoms with E-state index in [1.54, 1.807) is 6.07 Å². The monoisotopic (exact) mass is 211 g/mol. The van der Waals surface area contributed by atoms with E-state index in [1.807, 2.05) is 13.8 Å². The Kier molecular flexibility index (Phi) is 2.03. The summed E-state index contributed by atoms with van der Waals surface area (Å²) in [7, 11) is 0. The van der Waals surface area contributed by atoms with Gasteiger partial charge >= 0.3 is 0 Å². The fourth-order valence-corrected chi connectivity index (χ4v) is 2.21. The van der Waals surface area contributed by atoms with Crippen molar-refractivity contribution in [1.29, 1.82) is 0 Å². The molecule has 1 N–H and O–H groups in total. The summed E-state index contributed by atoms with van der Waals surface area (Å²) in [6.45, 7) is 3.63. The van der Waals surface area contributed by atoms with E-state index >= 15 is 0 Å². The van der Waals surface area contributed by atoms with Gasteiger partial charge in [-0.15, -0.1) is 0 Å². The topological polar surface area (TPSA) is 29.1 Å². The standard InChI is InChI=1S/C10H10FNOS/c1-10(2)9(13)14-8-5-6(11)3-4-7(8)12-10/h3-5,12H,1-2H3. The molecule has 14 heavy (non-hydrogen) atoms. The highest BCUT2D eigenvalue weighted by Gasteiger charge is 2.33. The number of carbonyl (C=O) groups excluding carboxylic acids is 1. The number of halogens is 1. The number of anilines is 1. The molecule has 1 heterocycles. The Balaban J connectivity index is 2.46. The fraction of sp³-hybridized carbons (Fsp3) is 0.300. The lowest BCUT2D eigenvalue weighted by atomic mass is 10.1. The van der Waals surface area contributed by atoms with E-state index in [9.17, 15) is 9.18 Å². The zero-order valence-electron chi connectivity index (χ0n) is 7.93. The summed E-state index contributed by atoms with van der Waals surface area (Å²) in [5, 5.41) is 3.09. The van der Waals surface area contributed by atoms with E-state index in [2.05, 4.69) is 5.32 Å². The minimum atomic E-state index is -0.574. The molecule has 0 saturated carbocycles. The van der Waals surface area contributed by atoms with E-state index in [-0.39, 0.29) is 10.9 Å². The van der Waals surface area contributed by atoms with Crippen LogP contribution in [0.5, 0.6) is 0 Å². The summed E-state index contributed by atoms with van der Waals surface area (Å²) in [6, 6.07) is 4.42. The Hall–Kier alpha value is -1.03. The number of carbonyl (C=O) groups is 1. The van der Waals surface area contributed by atoms with Crippen molar-refractivity contribution >= 4 is 22.6 Å². The molecule has 1 aliphatic heterocycles. The average Bonchev–Trinajstić information content (AvgIpc) is 2.08. The average molecular weight is 211 g/mol. The molecule has 0 saturated heterocycles. The van der Waals surface area contributed by atoms with Crippen LogP contribution in [0.1, 0.15) is 13.8 Å². The van der Waals surface area contributed by atoms with Crippen LogP contribution >= 0.6 is 11.8 Å². The van der Waals surface area contributed by atoms with Crippen molar-refractivity contribution in [2.45, 2.75) is 24.3 Å². The van der Waals surface area contributed by atoms with Crippen molar-refractivity contribution < 1.29 is 9.18 Å². The largest absolute Gasteiger partial charge is 0.372 e. The van der Waals surface area contributed by atoms with Gasteiger partial charge in [0.25, 0.3) is 0 Å². The highest BCUT2D eigenvalue weighted by molar-refractivity contribution is 8.14. The van der Waals surface area contributed by atoms with E-state index in [1.165, 1.54) is 12.1 Å². The SMILES string of the molecule is CC1(C)Nc2ccc(F)cc2SC1=O. The quantitative estimate of drug-likeness (QED) is 0.715. The molecule has 2 nitrogen and oxygen atoms in total. The lowest BCUT2D eigenvalue weighted by molar-refractivity contribution is -0.114. The first-order valence-electron chi connectivity index (χ1n) is 4.29. The minimum Gasteiger partial charge on any atom is -0.372 e. The molecule has 0 bridgehead atoms. The Morgan fingerprint density at radius 1 is 1.43 bits per heavy atom. The molecule has 0 radical (unpaired) electrons. The molecule has 0 fully saturated rings. The Morgan fingerprint density at radius 2 is 2.14 bits per heavy atom. The molecule has 0 amide bonds. The van der Waals surface area contributed by atoms with Crippen molar-refractivity contribution in [3.63, 3.8) is 0 Å². The van der Waals surface area contributed by atoms with Gasteiger partial charge in [0.1, 0.15) is 11.4 Å². The first-order chi connectivity index (χ1) is 6.49. The summed E-state index contributed by atoms with van der Waals surface area (Å²) in [4.78, 5) is 12.2. The second-order valence-corrected chi connectivity index (χ2v) is 4.79. The summed E-state index contributed by atoms with van der Waals surface area (Å²) >= 11 is 1.09. The summed E-state index contributed by atoms with van der Waals surface area (Å²) < 4.78 is 12.9. The van der Waals surface area contributed by atoms with Crippen LogP contribution in [0.25, 0.3) is 0 Å². The third kappa shape index (κ3) is 1.50. The number of nitrogens with one attached hydrogen (secondary N) is 1. The smallest absolute Gasteiger partial charge is 0.218 e. The molecule has 1 aliphatic rings. The molecular formula is C10H10FNOS. The van der Waals surface area contributed by atoms with E-state index in [0.29, 0.717) is 4.90 Å². The second-order valence-electron chi connectivity index (χ2n) is 3.78. The molecule has 74 valence electrons. The molecule has 1 aromatic rings. The Labute approximate surface area is 85.9 Å². The highest BCUT2D eigenvalue weighted by Crippen LogP contribution is 2.38. The molecule has 0 aromatic heterocycles. The predicted molar refractivity (Wildman–Crippen MR) is 55.0 cm³/mol. The van der Waals surface area contributed by atoms with Gasteiger partial charge in [0.05, 0.1) is 0 Å². The van der Waals surface area contributed by atoms with Gasteiger partial charge in [-0.1, -0.05) is 0 Å². The molecule has 0 spiro atoms. The van der Waals surface area contributed by atoms with E-state index in [4.69, 9.17) is 0 Å². The number of rotatable bonds is 0. The zero-order valence-corrected chi connectivity index (χ0v) is 8.74. The maximum Gasteiger partial charge on any atom is 0.218 e. The first-order valence-corrected chi connectivity index (χ1v) is 5.11. The Bertz CT molecular complexity index is 403. The number of fused-ring (bicyclic) bond motifs is 1. The lowest BCUT2D eigenvalue weighted by Gasteiger charge is -2.31. The van der Waals surface area contributed by atoms with Gasteiger partial charge in [0.2, 0.25) is 5.12 Å². The van der Waals surface area contributed by atoms with Gasteiger partial charge in [-0.3, -0.25) is 4.79 Å². The van der Waals surface area contributed by atoms with Crippen molar-refractivity contribution in [3.8, 4) is 0 Å². The van der Waals surface area contributed by atoms with E-state index in [0.717, 1.165) is 17.4 Å². The molecule has 0 unspecified atom stereocenters. The van der Waals surface area contributed by atoms with Crippen LogP contribution in [-0.2, 0) is 4.79 Å². The second kappa shape index (κ2) is 2.98. The normalized spacial score (nSPS) is 18.6. The summed E-state index contributed by atoms with van der Waals surface area (Å²) in [5.41, 5.74) is 0.246. The van der Waals surface area contributed by atoms with Crippen molar-refractivity contribution in [2.24, 2.45) is 0 Å². The van der Waals surface area contributed by atoms with Crippen molar-refractivity contribution in [1.82, 2.24) is 0 Å². The third-order valence-corrected chi connectivity index (χ3v) is 3.36. The summed E-state index contributed by atoms with van der Waals surface area (Å²) in [5.74, 6) is -0.314. The van der Waals surface area contributed by atoms with Crippen molar-refractivity contribution in [3.05, 3.63) is 24.0 Å². The number of hydrogen-bond donors (Lipinski definition) is 1. The molecule has 0 aliphatic carbocycles. The van der Waals surface area contributed by atoms with Gasteiger partial charge in [0, 0.05) is 10.6 Å². The number of thioether (sulfide) groups is 1. The molecule has 2 rings (SSSR count). The number of hydrogen-bond acceptors (Lipinski definition) is 3. The van der Waals surface area contributed by atoms with Crippen LogP contribution in [0, 0.1) is 5.82 Å². The maximum atomic E-state index is 12.9. The van der Waals surface area contributed by atoms with Crippen LogP contribution in [-0.4, -0.2) is 10.7 Å². The minimum absolute atomic E-state index is 0.00981. The third-order valence-electron chi connectivity index (χ3n) is 2.10. The molecule has 4 heteroatoms.